The van der Waals surface area contributed by atoms with Gasteiger partial charge in [0.05, 0.1) is 12.6 Å². The molecule has 4 aliphatic rings. The van der Waals surface area contributed by atoms with Gasteiger partial charge in [0.15, 0.2) is 0 Å². The summed E-state index contributed by atoms with van der Waals surface area (Å²) >= 11 is 0. The third-order valence-electron chi connectivity index (χ3n) is 12.1. The molecular weight excluding hydrogens is 749 g/mol. The normalized spacial score (nSPS) is 23.2. The highest BCUT2D eigenvalue weighted by molar-refractivity contribution is 6.38. The number of rotatable bonds is 15. The van der Waals surface area contributed by atoms with E-state index in [0.717, 1.165) is 32.1 Å². The van der Waals surface area contributed by atoms with Gasteiger partial charge in [-0.05, 0) is 67.8 Å². The lowest BCUT2D eigenvalue weighted by Crippen LogP contribution is -2.60. The number of nitrogens with one attached hydrogen (secondary N) is 4. The second-order valence-electron chi connectivity index (χ2n) is 17.2. The minimum atomic E-state index is -4.87. The van der Waals surface area contributed by atoms with Crippen molar-refractivity contribution < 1.29 is 51.5 Å². The number of alkyl carbamates (subject to hydrolysis) is 1. The molecule has 0 radical (unpaired) electrons. The summed E-state index contributed by atoms with van der Waals surface area (Å²) in [4.78, 5) is 96.9. The number of carbonyl (C=O) groups excluding carboxylic acids is 7. The zero-order valence-corrected chi connectivity index (χ0v) is 33.4. The van der Waals surface area contributed by atoms with Gasteiger partial charge in [-0.15, -0.1) is 0 Å². The predicted octanol–water partition coefficient (Wildman–Crippen LogP) is 3.40. The van der Waals surface area contributed by atoms with Crippen molar-refractivity contribution in [2.24, 2.45) is 29.1 Å². The molecule has 6 atom stereocenters. The third-order valence-corrected chi connectivity index (χ3v) is 12.1. The standard InChI is InChI=1S/C40H55F3N6O8/c1-38(2)25-21-49(36(55)30(24-15-11-8-12-16-24)47-37(56)57-39(3,4)40(41,42)43)31(28(25)38)33(52)45-26(19-22-17-18-22)32(51)34(53)44-20-27(50)46-29(35(54)48(5)6)23-13-9-7-10-14-23/h7,9-10,13-14,22,24-26,28-31H,8,11-12,15-21H2,1-6H3,(H,44,53)(H,45,52)(H,46,50)(H,47,56)/t25-,26?,28-,29-,30-,31-/m0/s1. The van der Waals surface area contributed by atoms with Crippen molar-refractivity contribution in [1.29, 1.82) is 0 Å². The monoisotopic (exact) mass is 804 g/mol. The van der Waals surface area contributed by atoms with Crippen molar-refractivity contribution >= 4 is 41.4 Å². The first kappa shape index (κ1) is 43.4. The number of likely N-dealkylation sites (tertiary alicyclic amines) is 1. The van der Waals surface area contributed by atoms with E-state index >= 15 is 0 Å². The van der Waals surface area contributed by atoms with Gasteiger partial charge in [-0.25, -0.2) is 4.79 Å². The number of benzene rings is 1. The summed E-state index contributed by atoms with van der Waals surface area (Å²) < 4.78 is 45.5. The zero-order chi connectivity index (χ0) is 42.0. The molecule has 1 unspecified atom stereocenters. The van der Waals surface area contributed by atoms with Crippen LogP contribution in [0.5, 0.6) is 0 Å². The number of hydrogen-bond donors (Lipinski definition) is 4. The Morgan fingerprint density at radius 2 is 1.54 bits per heavy atom. The zero-order valence-electron chi connectivity index (χ0n) is 33.4. The predicted molar refractivity (Wildman–Crippen MR) is 200 cm³/mol. The molecular formula is C40H55F3N6O8. The van der Waals surface area contributed by atoms with Crippen molar-refractivity contribution in [2.45, 2.75) is 115 Å². The number of amides is 6. The van der Waals surface area contributed by atoms with Gasteiger partial charge in [0.25, 0.3) is 5.91 Å². The lowest BCUT2D eigenvalue weighted by atomic mass is 9.83. The number of ketones is 1. The Hall–Kier alpha value is -4.70. The van der Waals surface area contributed by atoms with Crippen LogP contribution in [0, 0.1) is 29.1 Å². The van der Waals surface area contributed by atoms with Crippen molar-refractivity contribution in [1.82, 2.24) is 31.1 Å². The fourth-order valence-corrected chi connectivity index (χ4v) is 8.27. The molecule has 314 valence electrons. The van der Waals surface area contributed by atoms with Crippen LogP contribution in [0.25, 0.3) is 0 Å². The molecule has 3 aliphatic carbocycles. The molecule has 1 aromatic carbocycles. The van der Waals surface area contributed by atoms with Gasteiger partial charge in [-0.3, -0.25) is 28.8 Å². The van der Waals surface area contributed by atoms with Crippen LogP contribution in [-0.4, -0.2) is 108 Å². The first-order valence-electron chi connectivity index (χ1n) is 19.7. The molecule has 5 rings (SSSR count). The maximum atomic E-state index is 14.4. The topological polar surface area (TPSA) is 183 Å². The van der Waals surface area contributed by atoms with Crippen molar-refractivity contribution in [3.05, 3.63) is 35.9 Å². The number of nitrogens with zero attached hydrogens (tertiary/aromatic N) is 2. The van der Waals surface area contributed by atoms with Crippen LogP contribution in [0.1, 0.15) is 90.7 Å². The molecule has 0 aromatic heterocycles. The maximum Gasteiger partial charge on any atom is 0.427 e. The molecule has 0 spiro atoms. The van der Waals surface area contributed by atoms with E-state index in [-0.39, 0.29) is 36.1 Å². The minimum Gasteiger partial charge on any atom is -0.434 e. The molecule has 6 amide bonds. The SMILES string of the molecule is CN(C)C(=O)[C@@H](NC(=O)CNC(=O)C(=O)C(CC1CC1)NC(=O)[C@@H]1[C@@H]2[C@H](CN1C(=O)[C@@H](NC(=O)OC(C)(C)C(F)(F)F)C1CCCCC1)C2(C)C)c1ccccc1. The Morgan fingerprint density at radius 3 is 2.12 bits per heavy atom. The highest BCUT2D eigenvalue weighted by atomic mass is 19.4. The summed E-state index contributed by atoms with van der Waals surface area (Å²) in [7, 11) is 3.07. The quantitative estimate of drug-likeness (QED) is 0.195. The molecule has 3 saturated carbocycles. The Labute approximate surface area is 330 Å². The molecule has 1 saturated heterocycles. The van der Waals surface area contributed by atoms with Crippen LogP contribution in [0.3, 0.4) is 0 Å². The summed E-state index contributed by atoms with van der Waals surface area (Å²) in [6.45, 7) is 4.87. The van der Waals surface area contributed by atoms with Crippen LogP contribution in [0.2, 0.25) is 0 Å². The summed E-state index contributed by atoms with van der Waals surface area (Å²) in [6, 6.07) is 3.87. The van der Waals surface area contributed by atoms with E-state index in [2.05, 4.69) is 21.3 Å². The largest absolute Gasteiger partial charge is 0.434 e. The van der Waals surface area contributed by atoms with E-state index in [1.807, 2.05) is 13.8 Å². The van der Waals surface area contributed by atoms with Crippen LogP contribution in [0.4, 0.5) is 18.0 Å². The Kier molecular flexibility index (Phi) is 13.0. The van der Waals surface area contributed by atoms with Crippen molar-refractivity contribution in [3.8, 4) is 0 Å². The van der Waals surface area contributed by atoms with E-state index in [4.69, 9.17) is 4.74 Å². The average Bonchev–Trinajstić information content (AvgIpc) is 4.01. The average molecular weight is 805 g/mol. The highest BCUT2D eigenvalue weighted by Gasteiger charge is 2.70. The van der Waals surface area contributed by atoms with Crippen LogP contribution in [-0.2, 0) is 33.5 Å². The molecule has 1 aromatic rings. The van der Waals surface area contributed by atoms with Gasteiger partial charge in [-0.1, -0.05) is 76.3 Å². The van der Waals surface area contributed by atoms with Gasteiger partial charge < -0.3 is 35.8 Å². The lowest BCUT2D eigenvalue weighted by Gasteiger charge is -2.37. The smallest absolute Gasteiger partial charge is 0.427 e. The summed E-state index contributed by atoms with van der Waals surface area (Å²) in [6.07, 6.45) is -1.08. The Balaban J connectivity index is 1.29. The third kappa shape index (κ3) is 10.1. The number of halogens is 3. The Bertz CT molecular complexity index is 1710. The minimum absolute atomic E-state index is 0.0669. The molecule has 1 heterocycles. The first-order chi connectivity index (χ1) is 26.6. The Morgan fingerprint density at radius 1 is 0.912 bits per heavy atom. The number of carbonyl (C=O) groups is 7. The second-order valence-corrected chi connectivity index (χ2v) is 17.2. The molecule has 0 bridgehead atoms. The van der Waals surface area contributed by atoms with Crippen molar-refractivity contribution in [3.63, 3.8) is 0 Å². The van der Waals surface area contributed by atoms with Gasteiger partial charge >= 0.3 is 12.3 Å². The van der Waals surface area contributed by atoms with Crippen LogP contribution in [0.15, 0.2) is 30.3 Å². The number of hydrogen-bond acceptors (Lipinski definition) is 8. The fourth-order valence-electron chi connectivity index (χ4n) is 8.27. The molecule has 4 N–H and O–H groups in total. The molecule has 57 heavy (non-hydrogen) atoms. The fraction of sp³-hybridized carbons (Fsp3) is 0.675. The molecule has 4 fully saturated rings. The molecule has 17 heteroatoms. The van der Waals surface area contributed by atoms with Crippen LogP contribution >= 0.6 is 0 Å². The number of Topliss-reactive ketones (excluding diaryl/α,β-unsaturated/α-hetero) is 1. The summed E-state index contributed by atoms with van der Waals surface area (Å²) in [5, 5.41) is 10.1. The van der Waals surface area contributed by atoms with E-state index in [1.165, 1.54) is 23.9 Å². The van der Waals surface area contributed by atoms with E-state index < -0.39 is 89.8 Å². The van der Waals surface area contributed by atoms with Gasteiger partial charge in [0.2, 0.25) is 35.0 Å². The van der Waals surface area contributed by atoms with E-state index in [9.17, 15) is 46.7 Å². The van der Waals surface area contributed by atoms with Gasteiger partial charge in [-0.2, -0.15) is 13.2 Å². The van der Waals surface area contributed by atoms with Gasteiger partial charge in [0.1, 0.15) is 18.1 Å². The van der Waals surface area contributed by atoms with E-state index in [1.54, 1.807) is 30.3 Å². The highest BCUT2D eigenvalue weighted by Crippen LogP contribution is 2.65. The maximum absolute atomic E-state index is 14.4. The number of piperidine rings is 1. The molecule has 1 aliphatic heterocycles. The van der Waals surface area contributed by atoms with Crippen LogP contribution < -0.4 is 21.3 Å². The van der Waals surface area contributed by atoms with Crippen molar-refractivity contribution in [2.75, 3.05) is 27.2 Å². The summed E-state index contributed by atoms with van der Waals surface area (Å²) in [5.41, 5.74) is -2.66. The summed E-state index contributed by atoms with van der Waals surface area (Å²) in [5.74, 6) is -5.27. The lowest BCUT2D eigenvalue weighted by molar-refractivity contribution is -0.244. The first-order valence-corrected chi connectivity index (χ1v) is 19.7. The number of ether oxygens (including phenoxy) is 1. The van der Waals surface area contributed by atoms with Gasteiger partial charge in [0, 0.05) is 20.6 Å². The second kappa shape index (κ2) is 17.0. The number of fused-ring (bicyclic) bond motifs is 1. The molecule has 14 nitrogen and oxygen atoms in total. The number of alkyl halides is 3. The number of likely N-dealkylation sites (N-methyl/N-ethyl adjacent to an activating group) is 1. The van der Waals surface area contributed by atoms with E-state index in [0.29, 0.717) is 32.3 Å².